The van der Waals surface area contributed by atoms with E-state index in [-0.39, 0.29) is 5.78 Å². The lowest BCUT2D eigenvalue weighted by molar-refractivity contribution is 0.103. The zero-order valence-electron chi connectivity index (χ0n) is 10.9. The van der Waals surface area contributed by atoms with Gasteiger partial charge in [0, 0.05) is 25.2 Å². The first-order valence-electron chi connectivity index (χ1n) is 5.78. The van der Waals surface area contributed by atoms with E-state index >= 15 is 0 Å². The molecule has 0 radical (unpaired) electrons. The van der Waals surface area contributed by atoms with Gasteiger partial charge >= 0.3 is 0 Å². The Balaban J connectivity index is 2.50. The topological polar surface area (TPSA) is 35.5 Å². The third-order valence-electron chi connectivity index (χ3n) is 2.79. The van der Waals surface area contributed by atoms with Crippen LogP contribution >= 0.6 is 38.5 Å². The largest absolute Gasteiger partial charge is 0.497 e. The molecule has 2 rings (SSSR count). The molecule has 3 nitrogen and oxygen atoms in total. The van der Waals surface area contributed by atoms with E-state index in [0.29, 0.717) is 22.6 Å². The lowest BCUT2D eigenvalue weighted by atomic mass is 10.0. The van der Waals surface area contributed by atoms with Gasteiger partial charge in [-0.05, 0) is 52.9 Å². The summed E-state index contributed by atoms with van der Waals surface area (Å²) in [6, 6.07) is 10.8. The molecule has 0 aliphatic carbocycles. The highest BCUT2D eigenvalue weighted by Crippen LogP contribution is 2.26. The molecule has 0 spiro atoms. The highest BCUT2D eigenvalue weighted by molar-refractivity contribution is 14.1. The fourth-order valence-corrected chi connectivity index (χ4v) is 2.71. The molecular weight excluding hydrogens is 435 g/mol. The number of hydrogen-bond acceptors (Lipinski definition) is 3. The lowest BCUT2D eigenvalue weighted by Gasteiger charge is -2.09. The van der Waals surface area contributed by atoms with Crippen LogP contribution in [0.25, 0.3) is 0 Å². The van der Waals surface area contributed by atoms with Gasteiger partial charge in [0.25, 0.3) is 0 Å². The zero-order valence-corrected chi connectivity index (χ0v) is 14.7. The number of methoxy groups -OCH3 is 2. The normalized spacial score (nSPS) is 10.2. The Bertz CT molecular complexity index is 633. The molecule has 0 heterocycles. The number of benzene rings is 2. The third-order valence-corrected chi connectivity index (χ3v) is 4.22. The van der Waals surface area contributed by atoms with Crippen molar-refractivity contribution in [1.82, 2.24) is 0 Å². The molecule has 5 heteroatoms. The number of ketones is 1. The maximum atomic E-state index is 12.6. The molecule has 2 aromatic rings. The van der Waals surface area contributed by atoms with Gasteiger partial charge in [-0.2, -0.15) is 0 Å². The van der Waals surface area contributed by atoms with E-state index in [2.05, 4.69) is 38.5 Å². The van der Waals surface area contributed by atoms with Gasteiger partial charge in [-0.1, -0.05) is 15.9 Å². The van der Waals surface area contributed by atoms with Crippen molar-refractivity contribution in [2.75, 3.05) is 14.2 Å². The van der Waals surface area contributed by atoms with E-state index in [4.69, 9.17) is 9.47 Å². The van der Waals surface area contributed by atoms with Crippen molar-refractivity contribution in [1.29, 1.82) is 0 Å². The van der Waals surface area contributed by atoms with Crippen LogP contribution in [-0.2, 0) is 0 Å². The Kier molecular flexibility index (Phi) is 5.04. The highest BCUT2D eigenvalue weighted by Gasteiger charge is 2.15. The number of carbonyl (C=O) groups excluding carboxylic acids is 1. The second kappa shape index (κ2) is 6.58. The molecule has 0 atom stereocenters. The van der Waals surface area contributed by atoms with Crippen LogP contribution < -0.4 is 9.47 Å². The smallest absolute Gasteiger partial charge is 0.194 e. The van der Waals surface area contributed by atoms with E-state index in [1.807, 2.05) is 18.2 Å². The van der Waals surface area contributed by atoms with E-state index in [0.717, 1.165) is 8.04 Å². The van der Waals surface area contributed by atoms with Gasteiger partial charge in [0.2, 0.25) is 0 Å². The first-order chi connectivity index (χ1) is 9.55. The van der Waals surface area contributed by atoms with Gasteiger partial charge in [0.05, 0.1) is 14.2 Å². The molecule has 0 aliphatic rings. The van der Waals surface area contributed by atoms with E-state index < -0.39 is 0 Å². The zero-order chi connectivity index (χ0) is 14.7. The molecule has 20 heavy (non-hydrogen) atoms. The van der Waals surface area contributed by atoms with E-state index in [1.54, 1.807) is 32.4 Å². The summed E-state index contributed by atoms with van der Waals surface area (Å²) < 4.78 is 12.2. The SMILES string of the molecule is COc1cc(OC)cc(C(=O)c2cc(Br)ccc2I)c1. The van der Waals surface area contributed by atoms with Crippen LogP contribution in [0.15, 0.2) is 40.9 Å². The van der Waals surface area contributed by atoms with Crippen LogP contribution in [-0.4, -0.2) is 20.0 Å². The Labute approximate surface area is 139 Å². The van der Waals surface area contributed by atoms with Gasteiger partial charge in [-0.3, -0.25) is 4.79 Å². The molecular formula is C15H12BrIO3. The third kappa shape index (κ3) is 3.32. The van der Waals surface area contributed by atoms with Crippen molar-refractivity contribution in [3.63, 3.8) is 0 Å². The summed E-state index contributed by atoms with van der Waals surface area (Å²) in [5.41, 5.74) is 1.19. The summed E-state index contributed by atoms with van der Waals surface area (Å²) in [4.78, 5) is 12.6. The fourth-order valence-electron chi connectivity index (χ4n) is 1.77. The predicted molar refractivity (Wildman–Crippen MR) is 89.8 cm³/mol. The van der Waals surface area contributed by atoms with Gasteiger partial charge < -0.3 is 9.47 Å². The number of carbonyl (C=O) groups is 1. The van der Waals surface area contributed by atoms with E-state index in [1.165, 1.54) is 0 Å². The summed E-state index contributed by atoms with van der Waals surface area (Å²) in [5.74, 6) is 1.13. The Morgan fingerprint density at radius 2 is 1.65 bits per heavy atom. The second-order valence-electron chi connectivity index (χ2n) is 4.05. The van der Waals surface area contributed by atoms with Crippen molar-refractivity contribution < 1.29 is 14.3 Å². The molecule has 0 fully saturated rings. The van der Waals surface area contributed by atoms with Crippen LogP contribution in [0.3, 0.4) is 0 Å². The number of halogens is 2. The van der Waals surface area contributed by atoms with Gasteiger partial charge in [-0.15, -0.1) is 0 Å². The maximum absolute atomic E-state index is 12.6. The second-order valence-corrected chi connectivity index (χ2v) is 6.13. The number of rotatable bonds is 4. The first kappa shape index (κ1) is 15.3. The average molecular weight is 447 g/mol. The Morgan fingerprint density at radius 1 is 1.05 bits per heavy atom. The van der Waals surface area contributed by atoms with Crippen molar-refractivity contribution >= 4 is 44.3 Å². The lowest BCUT2D eigenvalue weighted by Crippen LogP contribution is -2.04. The molecule has 0 bridgehead atoms. The minimum absolute atomic E-state index is 0.0621. The molecule has 0 saturated carbocycles. The molecule has 0 N–H and O–H groups in total. The standard InChI is InChI=1S/C15H12BrIO3/c1-19-11-5-9(6-12(8-11)20-2)15(18)13-7-10(16)3-4-14(13)17/h3-8H,1-2H3. The number of hydrogen-bond donors (Lipinski definition) is 0. The summed E-state index contributed by atoms with van der Waals surface area (Å²) in [7, 11) is 3.12. The summed E-state index contributed by atoms with van der Waals surface area (Å²) in [5, 5.41) is 0. The van der Waals surface area contributed by atoms with Crippen molar-refractivity contribution in [2.45, 2.75) is 0 Å². The van der Waals surface area contributed by atoms with Gasteiger partial charge in [0.15, 0.2) is 5.78 Å². The highest BCUT2D eigenvalue weighted by atomic mass is 127. The van der Waals surface area contributed by atoms with Crippen LogP contribution in [0.2, 0.25) is 0 Å². The Morgan fingerprint density at radius 3 is 2.20 bits per heavy atom. The molecule has 104 valence electrons. The van der Waals surface area contributed by atoms with Crippen LogP contribution in [0.4, 0.5) is 0 Å². The van der Waals surface area contributed by atoms with Gasteiger partial charge in [0.1, 0.15) is 11.5 Å². The summed E-state index contributed by atoms with van der Waals surface area (Å²) in [6.45, 7) is 0. The summed E-state index contributed by atoms with van der Waals surface area (Å²) >= 11 is 5.54. The molecule has 0 aliphatic heterocycles. The molecule has 0 amide bonds. The monoisotopic (exact) mass is 446 g/mol. The minimum atomic E-state index is -0.0621. The molecule has 0 saturated heterocycles. The molecule has 2 aromatic carbocycles. The molecule has 0 unspecified atom stereocenters. The summed E-state index contributed by atoms with van der Waals surface area (Å²) in [6.07, 6.45) is 0. The van der Waals surface area contributed by atoms with E-state index in [9.17, 15) is 4.79 Å². The molecule has 0 aromatic heterocycles. The minimum Gasteiger partial charge on any atom is -0.497 e. The quantitative estimate of drug-likeness (QED) is 0.518. The fraction of sp³-hybridized carbons (Fsp3) is 0.133. The Hall–Kier alpha value is -1.08. The average Bonchev–Trinajstić information content (AvgIpc) is 2.48. The van der Waals surface area contributed by atoms with Crippen molar-refractivity contribution in [3.8, 4) is 11.5 Å². The van der Waals surface area contributed by atoms with Crippen LogP contribution in [0, 0.1) is 3.57 Å². The van der Waals surface area contributed by atoms with Crippen molar-refractivity contribution in [3.05, 3.63) is 55.6 Å². The van der Waals surface area contributed by atoms with Gasteiger partial charge in [-0.25, -0.2) is 0 Å². The van der Waals surface area contributed by atoms with Crippen molar-refractivity contribution in [2.24, 2.45) is 0 Å². The van der Waals surface area contributed by atoms with Crippen LogP contribution in [0.5, 0.6) is 11.5 Å². The van der Waals surface area contributed by atoms with Crippen LogP contribution in [0.1, 0.15) is 15.9 Å². The first-order valence-corrected chi connectivity index (χ1v) is 7.65. The maximum Gasteiger partial charge on any atom is 0.194 e. The number of ether oxygens (including phenoxy) is 2. The predicted octanol–water partition coefficient (Wildman–Crippen LogP) is 4.30.